The van der Waals surface area contributed by atoms with E-state index in [0.717, 1.165) is 6.42 Å². The topological polar surface area (TPSA) is 0 Å². The van der Waals surface area contributed by atoms with Gasteiger partial charge in [-0.3, -0.25) is 0 Å². The second kappa shape index (κ2) is 9.86. The van der Waals surface area contributed by atoms with E-state index in [0.29, 0.717) is 0 Å². The van der Waals surface area contributed by atoms with Crippen molar-refractivity contribution in [1.29, 1.82) is 0 Å². The summed E-state index contributed by atoms with van der Waals surface area (Å²) in [5.41, 5.74) is 18.4. The Hall–Kier alpha value is -4.33. The first kappa shape index (κ1) is 26.3. The highest BCUT2D eigenvalue weighted by molar-refractivity contribution is 7.99. The zero-order valence-corrected chi connectivity index (χ0v) is 26.0. The maximum Gasteiger partial charge on any atom is 0.0169 e. The molecular formula is C42H34S. The van der Waals surface area contributed by atoms with Gasteiger partial charge < -0.3 is 0 Å². The van der Waals surface area contributed by atoms with Crippen LogP contribution in [0, 0.1) is 6.92 Å². The lowest BCUT2D eigenvalue weighted by molar-refractivity contribution is 0.606. The Morgan fingerprint density at radius 1 is 0.488 bits per heavy atom. The largest absolute Gasteiger partial charge is 0.0894 e. The van der Waals surface area contributed by atoms with Crippen molar-refractivity contribution in [2.24, 2.45) is 0 Å². The Morgan fingerprint density at radius 3 is 1.56 bits per heavy atom. The minimum absolute atomic E-state index is 0.0660. The molecule has 0 saturated heterocycles. The summed E-state index contributed by atoms with van der Waals surface area (Å²) in [6, 6.07) is 45.8. The molecule has 8 rings (SSSR count). The maximum absolute atomic E-state index is 2.48. The van der Waals surface area contributed by atoms with Crippen molar-refractivity contribution < 1.29 is 0 Å². The van der Waals surface area contributed by atoms with Crippen molar-refractivity contribution in [2.45, 2.75) is 49.3 Å². The Balaban J connectivity index is 1.34. The fourth-order valence-corrected chi connectivity index (χ4v) is 8.78. The lowest BCUT2D eigenvalue weighted by Crippen LogP contribution is -2.24. The number of aryl methyl sites for hydroxylation is 2. The van der Waals surface area contributed by atoms with Gasteiger partial charge in [0.05, 0.1) is 0 Å². The summed E-state index contributed by atoms with van der Waals surface area (Å²) < 4.78 is 0. The van der Waals surface area contributed by atoms with Gasteiger partial charge in [0.1, 0.15) is 0 Å². The average molecular weight is 571 g/mol. The minimum atomic E-state index is -0.0660. The van der Waals surface area contributed by atoms with Crippen LogP contribution < -0.4 is 0 Å². The van der Waals surface area contributed by atoms with E-state index >= 15 is 0 Å². The van der Waals surface area contributed by atoms with E-state index in [1.54, 1.807) is 0 Å². The lowest BCUT2D eigenvalue weighted by atomic mass is 9.75. The highest BCUT2D eigenvalue weighted by atomic mass is 32.2. The van der Waals surface area contributed by atoms with Gasteiger partial charge in [-0.05, 0) is 115 Å². The van der Waals surface area contributed by atoms with Gasteiger partial charge in [0.15, 0.2) is 0 Å². The molecule has 0 fully saturated rings. The predicted octanol–water partition coefficient (Wildman–Crippen LogP) is 12.0. The number of hydrogen-bond donors (Lipinski definition) is 0. The summed E-state index contributed by atoms with van der Waals surface area (Å²) >= 11 is 1.94. The van der Waals surface area contributed by atoms with E-state index in [1.165, 1.54) is 87.7 Å². The van der Waals surface area contributed by atoms with E-state index in [-0.39, 0.29) is 5.41 Å². The van der Waals surface area contributed by atoms with Crippen molar-refractivity contribution in [3.8, 4) is 55.6 Å². The summed E-state index contributed by atoms with van der Waals surface area (Å²) in [7, 11) is 0. The summed E-state index contributed by atoms with van der Waals surface area (Å²) in [4.78, 5) is 2.79. The van der Waals surface area contributed by atoms with Crippen LogP contribution in [-0.4, -0.2) is 0 Å². The van der Waals surface area contributed by atoms with Crippen LogP contribution >= 0.6 is 11.8 Å². The smallest absolute Gasteiger partial charge is 0.0169 e. The third kappa shape index (κ3) is 4.06. The highest BCUT2D eigenvalue weighted by Crippen LogP contribution is 2.52. The Kier molecular flexibility index (Phi) is 6.03. The van der Waals surface area contributed by atoms with Gasteiger partial charge in [-0.2, -0.15) is 0 Å². The van der Waals surface area contributed by atoms with Gasteiger partial charge in [-0.15, -0.1) is 0 Å². The number of fused-ring (bicyclic) bond motifs is 10. The van der Waals surface area contributed by atoms with Crippen molar-refractivity contribution >= 4 is 11.8 Å². The molecule has 0 unspecified atom stereocenters. The molecule has 0 nitrogen and oxygen atoms in total. The van der Waals surface area contributed by atoms with Crippen LogP contribution in [0.25, 0.3) is 55.6 Å². The molecule has 0 atom stereocenters. The Bertz CT molecular complexity index is 2070. The summed E-state index contributed by atoms with van der Waals surface area (Å²) in [5.74, 6) is 0. The van der Waals surface area contributed by atoms with Crippen molar-refractivity contribution in [3.63, 3.8) is 0 Å². The van der Waals surface area contributed by atoms with Crippen LogP contribution in [0.15, 0.2) is 131 Å². The fourth-order valence-electron chi connectivity index (χ4n) is 7.24. The lowest BCUT2D eigenvalue weighted by Gasteiger charge is -2.35. The van der Waals surface area contributed by atoms with Gasteiger partial charge in [0.25, 0.3) is 0 Å². The first-order chi connectivity index (χ1) is 20.9. The third-order valence-corrected chi connectivity index (χ3v) is 10.7. The van der Waals surface area contributed by atoms with E-state index in [4.69, 9.17) is 0 Å². The predicted molar refractivity (Wildman–Crippen MR) is 184 cm³/mol. The molecule has 0 saturated carbocycles. The molecule has 208 valence electrons. The second-order valence-corrected chi connectivity index (χ2v) is 13.6. The van der Waals surface area contributed by atoms with Crippen LogP contribution in [0.2, 0.25) is 0 Å². The van der Waals surface area contributed by atoms with Crippen LogP contribution in [-0.2, 0) is 11.8 Å². The molecule has 0 bridgehead atoms. The van der Waals surface area contributed by atoms with Crippen LogP contribution in [0.5, 0.6) is 0 Å². The van der Waals surface area contributed by atoms with E-state index in [2.05, 4.69) is 149 Å². The van der Waals surface area contributed by atoms with Crippen molar-refractivity contribution in [1.82, 2.24) is 0 Å². The molecule has 0 spiro atoms. The molecule has 43 heavy (non-hydrogen) atoms. The minimum Gasteiger partial charge on any atom is -0.0894 e. The van der Waals surface area contributed by atoms with Gasteiger partial charge in [-0.25, -0.2) is 0 Å². The van der Waals surface area contributed by atoms with E-state index in [9.17, 15) is 0 Å². The zero-order chi connectivity index (χ0) is 29.3. The van der Waals surface area contributed by atoms with Crippen molar-refractivity contribution in [3.05, 3.63) is 144 Å². The summed E-state index contributed by atoms with van der Waals surface area (Å²) in [6.45, 7) is 9.29. The quantitative estimate of drug-likeness (QED) is 0.199. The molecule has 6 aromatic carbocycles. The van der Waals surface area contributed by atoms with Crippen LogP contribution in [0.4, 0.5) is 0 Å². The number of benzene rings is 6. The summed E-state index contributed by atoms with van der Waals surface area (Å²) in [6.07, 6.45) is 1.07. The average Bonchev–Trinajstić information content (AvgIpc) is 3.03. The molecule has 0 amide bonds. The van der Waals surface area contributed by atoms with Gasteiger partial charge in [0, 0.05) is 15.2 Å². The number of rotatable bonds is 2. The molecule has 0 radical (unpaired) electrons. The molecular weight excluding hydrogens is 537 g/mol. The monoisotopic (exact) mass is 570 g/mol. The first-order valence-corrected chi connectivity index (χ1v) is 16.1. The highest BCUT2D eigenvalue weighted by Gasteiger charge is 2.34. The van der Waals surface area contributed by atoms with Gasteiger partial charge >= 0.3 is 0 Å². The zero-order valence-electron chi connectivity index (χ0n) is 25.2. The van der Waals surface area contributed by atoms with Gasteiger partial charge in [0.2, 0.25) is 0 Å². The molecule has 6 aromatic rings. The van der Waals surface area contributed by atoms with E-state index in [1.807, 2.05) is 11.8 Å². The van der Waals surface area contributed by atoms with Crippen molar-refractivity contribution in [2.75, 3.05) is 0 Å². The van der Waals surface area contributed by atoms with Gasteiger partial charge in [-0.1, -0.05) is 130 Å². The standard InChI is InChI=1S/C42H34S/c1-5-27-18-21-38-41(23-27)43-40-22-26(2)36(25-39(40)42(38,3)4)28-19-20-35-33-16-9-8-14-31(33)29-12-6-7-13-30(29)32-15-10-11-17-34(32)37(35)24-28/h6-25H,5H2,1-4H3. The van der Waals surface area contributed by atoms with Crippen LogP contribution in [0.1, 0.15) is 43.0 Å². The second-order valence-electron chi connectivity index (χ2n) is 12.5. The number of hydrogen-bond acceptors (Lipinski definition) is 1. The molecule has 2 aliphatic rings. The molecule has 0 N–H and O–H groups in total. The first-order valence-electron chi connectivity index (χ1n) is 15.3. The molecule has 0 aromatic heterocycles. The molecule has 1 heteroatoms. The molecule has 1 heterocycles. The molecule has 1 aliphatic carbocycles. The normalized spacial score (nSPS) is 13.8. The summed E-state index contributed by atoms with van der Waals surface area (Å²) in [5, 5.41) is 0. The maximum atomic E-state index is 2.48. The Morgan fingerprint density at radius 2 is 1.00 bits per heavy atom. The van der Waals surface area contributed by atoms with Crippen LogP contribution in [0.3, 0.4) is 0 Å². The molecule has 1 aliphatic heterocycles. The van der Waals surface area contributed by atoms with E-state index < -0.39 is 0 Å². The Labute approximate surface area is 259 Å². The fraction of sp³-hybridized carbons (Fsp3) is 0.143. The SMILES string of the molecule is CCc1ccc2c(c1)Sc1cc(C)c(-c3ccc4c(c3)-c3ccccc3-c3ccccc3-c3ccccc3-4)cc1C2(C)C. The third-order valence-electron chi connectivity index (χ3n) is 9.62.